The second-order valence-corrected chi connectivity index (χ2v) is 5.04. The number of amides is 1. The SMILES string of the molecule is COc1ccc(/C=C/C(=O)N(C)C2CCNC2)c(OC)c1. The van der Waals surface area contributed by atoms with Crippen LogP contribution in [0, 0.1) is 0 Å². The van der Waals surface area contributed by atoms with Gasteiger partial charge in [0.2, 0.25) is 5.91 Å². The number of carbonyl (C=O) groups is 1. The third-order valence-corrected chi connectivity index (χ3v) is 3.78. The molecule has 21 heavy (non-hydrogen) atoms. The molecule has 1 aliphatic heterocycles. The second kappa shape index (κ2) is 7.13. The Morgan fingerprint density at radius 3 is 2.81 bits per heavy atom. The molecule has 0 radical (unpaired) electrons. The van der Waals surface area contributed by atoms with Crippen LogP contribution in [0.5, 0.6) is 11.5 Å². The number of methoxy groups -OCH3 is 2. The Balaban J connectivity index is 2.07. The highest BCUT2D eigenvalue weighted by Gasteiger charge is 2.21. The molecule has 0 aliphatic carbocycles. The number of likely N-dealkylation sites (N-methyl/N-ethyl adjacent to an activating group) is 1. The molecule has 1 aromatic carbocycles. The van der Waals surface area contributed by atoms with Crippen LogP contribution >= 0.6 is 0 Å². The normalized spacial score (nSPS) is 18.0. The van der Waals surface area contributed by atoms with E-state index in [0.717, 1.165) is 30.8 Å². The van der Waals surface area contributed by atoms with Crippen molar-refractivity contribution in [3.05, 3.63) is 29.8 Å². The minimum Gasteiger partial charge on any atom is -0.497 e. The van der Waals surface area contributed by atoms with Crippen molar-refractivity contribution in [1.29, 1.82) is 0 Å². The largest absolute Gasteiger partial charge is 0.497 e. The van der Waals surface area contributed by atoms with E-state index in [1.165, 1.54) is 0 Å². The summed E-state index contributed by atoms with van der Waals surface area (Å²) in [6.07, 6.45) is 4.37. The van der Waals surface area contributed by atoms with Crippen molar-refractivity contribution in [3.63, 3.8) is 0 Å². The number of nitrogens with zero attached hydrogens (tertiary/aromatic N) is 1. The van der Waals surface area contributed by atoms with Gasteiger partial charge in [-0.3, -0.25) is 4.79 Å². The lowest BCUT2D eigenvalue weighted by Crippen LogP contribution is -2.37. The number of hydrogen-bond donors (Lipinski definition) is 1. The molecule has 5 heteroatoms. The van der Waals surface area contributed by atoms with Gasteiger partial charge in [-0.2, -0.15) is 0 Å². The van der Waals surface area contributed by atoms with Crippen LogP contribution in [0.25, 0.3) is 6.08 Å². The summed E-state index contributed by atoms with van der Waals surface area (Å²) < 4.78 is 10.5. The topological polar surface area (TPSA) is 50.8 Å². The summed E-state index contributed by atoms with van der Waals surface area (Å²) in [5.74, 6) is 1.41. The Morgan fingerprint density at radius 1 is 1.38 bits per heavy atom. The molecule has 1 amide bonds. The summed E-state index contributed by atoms with van der Waals surface area (Å²) in [7, 11) is 5.05. The van der Waals surface area contributed by atoms with E-state index in [1.54, 1.807) is 37.3 Å². The molecular formula is C16H22N2O3. The Morgan fingerprint density at radius 2 is 2.19 bits per heavy atom. The minimum absolute atomic E-state index is 0.00145. The average Bonchev–Trinajstić information content (AvgIpc) is 3.05. The van der Waals surface area contributed by atoms with E-state index in [2.05, 4.69) is 5.32 Å². The van der Waals surface area contributed by atoms with Gasteiger partial charge >= 0.3 is 0 Å². The molecule has 1 unspecified atom stereocenters. The van der Waals surface area contributed by atoms with E-state index in [9.17, 15) is 4.79 Å². The van der Waals surface area contributed by atoms with Crippen molar-refractivity contribution in [2.75, 3.05) is 34.4 Å². The van der Waals surface area contributed by atoms with Crippen LogP contribution in [0.2, 0.25) is 0 Å². The van der Waals surface area contributed by atoms with Crippen LogP contribution < -0.4 is 14.8 Å². The molecule has 5 nitrogen and oxygen atoms in total. The summed E-state index contributed by atoms with van der Waals surface area (Å²) in [5.41, 5.74) is 0.851. The third kappa shape index (κ3) is 3.76. The number of hydrogen-bond acceptors (Lipinski definition) is 4. The summed E-state index contributed by atoms with van der Waals surface area (Å²) in [6.45, 7) is 1.83. The maximum Gasteiger partial charge on any atom is 0.246 e. The van der Waals surface area contributed by atoms with Gasteiger partial charge in [0.15, 0.2) is 0 Å². The van der Waals surface area contributed by atoms with Crippen molar-refractivity contribution >= 4 is 12.0 Å². The van der Waals surface area contributed by atoms with Crippen LogP contribution in [-0.2, 0) is 4.79 Å². The molecule has 1 aliphatic rings. The van der Waals surface area contributed by atoms with Gasteiger partial charge in [0.25, 0.3) is 0 Å². The van der Waals surface area contributed by atoms with Crippen LogP contribution in [0.15, 0.2) is 24.3 Å². The Bertz CT molecular complexity index is 522. The van der Waals surface area contributed by atoms with Gasteiger partial charge in [0, 0.05) is 37.3 Å². The molecule has 0 saturated carbocycles. The van der Waals surface area contributed by atoms with Gasteiger partial charge in [0.1, 0.15) is 11.5 Å². The summed E-state index contributed by atoms with van der Waals surface area (Å²) in [4.78, 5) is 14.0. The summed E-state index contributed by atoms with van der Waals surface area (Å²) in [5, 5.41) is 3.26. The first-order valence-corrected chi connectivity index (χ1v) is 7.03. The van der Waals surface area contributed by atoms with Gasteiger partial charge in [-0.25, -0.2) is 0 Å². The zero-order chi connectivity index (χ0) is 15.2. The number of benzene rings is 1. The lowest BCUT2D eigenvalue weighted by molar-refractivity contribution is -0.126. The quantitative estimate of drug-likeness (QED) is 0.836. The molecule has 1 N–H and O–H groups in total. The first-order valence-electron chi connectivity index (χ1n) is 7.03. The molecule has 1 heterocycles. The number of nitrogens with one attached hydrogen (secondary N) is 1. The van der Waals surface area contributed by atoms with E-state index < -0.39 is 0 Å². The summed E-state index contributed by atoms with van der Waals surface area (Å²) >= 11 is 0. The Kier molecular flexibility index (Phi) is 5.22. The maximum absolute atomic E-state index is 12.2. The fraction of sp³-hybridized carbons (Fsp3) is 0.438. The van der Waals surface area contributed by atoms with E-state index in [0.29, 0.717) is 5.75 Å². The second-order valence-electron chi connectivity index (χ2n) is 5.04. The molecule has 0 bridgehead atoms. The molecule has 2 rings (SSSR count). The molecule has 1 aromatic rings. The fourth-order valence-electron chi connectivity index (χ4n) is 2.38. The van der Waals surface area contributed by atoms with Crippen LogP contribution in [-0.4, -0.2) is 51.2 Å². The predicted molar refractivity (Wildman–Crippen MR) is 82.6 cm³/mol. The predicted octanol–water partition coefficient (Wildman–Crippen LogP) is 1.54. The Hall–Kier alpha value is -2.01. The zero-order valence-corrected chi connectivity index (χ0v) is 12.8. The van der Waals surface area contributed by atoms with Crippen LogP contribution in [0.3, 0.4) is 0 Å². The van der Waals surface area contributed by atoms with Gasteiger partial charge in [-0.15, -0.1) is 0 Å². The molecule has 1 fully saturated rings. The van der Waals surface area contributed by atoms with E-state index in [-0.39, 0.29) is 11.9 Å². The highest BCUT2D eigenvalue weighted by Crippen LogP contribution is 2.25. The zero-order valence-electron chi connectivity index (χ0n) is 12.8. The van der Waals surface area contributed by atoms with Crippen molar-refractivity contribution in [2.45, 2.75) is 12.5 Å². The monoisotopic (exact) mass is 290 g/mol. The highest BCUT2D eigenvalue weighted by atomic mass is 16.5. The van der Waals surface area contributed by atoms with Crippen molar-refractivity contribution < 1.29 is 14.3 Å². The molecule has 0 aromatic heterocycles. The van der Waals surface area contributed by atoms with Gasteiger partial charge in [0.05, 0.1) is 14.2 Å². The molecule has 1 atom stereocenters. The Labute approximate surface area is 125 Å². The first-order chi connectivity index (χ1) is 10.2. The minimum atomic E-state index is 0.00145. The van der Waals surface area contributed by atoms with Gasteiger partial charge in [-0.05, 0) is 31.2 Å². The average molecular weight is 290 g/mol. The molecule has 1 saturated heterocycles. The van der Waals surface area contributed by atoms with E-state index in [4.69, 9.17) is 9.47 Å². The molecule has 0 spiro atoms. The van der Waals surface area contributed by atoms with Crippen molar-refractivity contribution in [1.82, 2.24) is 10.2 Å². The lowest BCUT2D eigenvalue weighted by Gasteiger charge is -2.22. The molecular weight excluding hydrogens is 268 g/mol. The lowest BCUT2D eigenvalue weighted by atomic mass is 10.1. The fourth-order valence-corrected chi connectivity index (χ4v) is 2.38. The highest BCUT2D eigenvalue weighted by molar-refractivity contribution is 5.92. The van der Waals surface area contributed by atoms with Crippen molar-refractivity contribution in [2.24, 2.45) is 0 Å². The number of carbonyl (C=O) groups excluding carboxylic acids is 1. The van der Waals surface area contributed by atoms with Gasteiger partial charge in [-0.1, -0.05) is 0 Å². The first kappa shape index (κ1) is 15.4. The van der Waals surface area contributed by atoms with Crippen LogP contribution in [0.4, 0.5) is 0 Å². The van der Waals surface area contributed by atoms with E-state index >= 15 is 0 Å². The summed E-state index contributed by atoms with van der Waals surface area (Å²) in [6, 6.07) is 5.80. The standard InChI is InChI=1S/C16H22N2O3/c1-18(13-8-9-17-11-13)16(19)7-5-12-4-6-14(20-2)10-15(12)21-3/h4-7,10,13,17H,8-9,11H2,1-3H3/b7-5+. The number of ether oxygens (including phenoxy) is 2. The smallest absolute Gasteiger partial charge is 0.246 e. The number of rotatable bonds is 5. The van der Waals surface area contributed by atoms with E-state index in [1.807, 2.05) is 19.2 Å². The van der Waals surface area contributed by atoms with Crippen molar-refractivity contribution in [3.8, 4) is 11.5 Å². The molecule has 114 valence electrons. The third-order valence-electron chi connectivity index (χ3n) is 3.78. The van der Waals surface area contributed by atoms with Crippen LogP contribution in [0.1, 0.15) is 12.0 Å². The van der Waals surface area contributed by atoms with Gasteiger partial charge < -0.3 is 19.7 Å². The maximum atomic E-state index is 12.2.